The zero-order chi connectivity index (χ0) is 13.3. The SMILES string of the molecule is O=C(O)C12CC3CC(C1)C1(OCC(CO)O1)C(C3)C2. The van der Waals surface area contributed by atoms with Gasteiger partial charge in [-0.1, -0.05) is 0 Å². The van der Waals surface area contributed by atoms with Gasteiger partial charge in [0.2, 0.25) is 0 Å². The number of carboxylic acid groups (broad SMARTS) is 1. The first kappa shape index (κ1) is 12.1. The van der Waals surface area contributed by atoms with Gasteiger partial charge < -0.3 is 19.7 Å². The molecule has 106 valence electrons. The highest BCUT2D eigenvalue weighted by Gasteiger charge is 2.67. The van der Waals surface area contributed by atoms with E-state index in [2.05, 4.69) is 0 Å². The van der Waals surface area contributed by atoms with Crippen LogP contribution in [0.5, 0.6) is 0 Å². The van der Waals surface area contributed by atoms with Crippen molar-refractivity contribution in [3.63, 3.8) is 0 Å². The van der Waals surface area contributed by atoms with Gasteiger partial charge >= 0.3 is 5.97 Å². The lowest BCUT2D eigenvalue weighted by atomic mass is 9.47. The maximum Gasteiger partial charge on any atom is 0.309 e. The Morgan fingerprint density at radius 3 is 2.42 bits per heavy atom. The van der Waals surface area contributed by atoms with Gasteiger partial charge in [-0.2, -0.15) is 0 Å². The second-order valence-electron chi connectivity index (χ2n) is 6.88. The Balaban J connectivity index is 1.67. The maximum absolute atomic E-state index is 11.7. The van der Waals surface area contributed by atoms with Crippen molar-refractivity contribution in [2.45, 2.75) is 44.0 Å². The van der Waals surface area contributed by atoms with E-state index in [1.54, 1.807) is 0 Å². The Bertz CT molecular complexity index is 404. The molecular formula is C14H20O5. The molecule has 3 unspecified atom stereocenters. The van der Waals surface area contributed by atoms with Crippen molar-refractivity contribution in [1.82, 2.24) is 0 Å². The van der Waals surface area contributed by atoms with Crippen LogP contribution in [0.15, 0.2) is 0 Å². The Morgan fingerprint density at radius 2 is 1.89 bits per heavy atom. The van der Waals surface area contributed by atoms with E-state index in [0.717, 1.165) is 19.3 Å². The van der Waals surface area contributed by atoms with Crippen LogP contribution in [-0.2, 0) is 14.3 Å². The predicted octanol–water partition coefficient (Wildman–Crippen LogP) is 1.00. The number of aliphatic hydroxyl groups is 1. The van der Waals surface area contributed by atoms with Crippen LogP contribution in [0, 0.1) is 23.2 Å². The van der Waals surface area contributed by atoms with E-state index in [1.807, 2.05) is 0 Å². The Hall–Kier alpha value is -0.650. The minimum atomic E-state index is -0.640. The van der Waals surface area contributed by atoms with E-state index in [4.69, 9.17) is 9.47 Å². The lowest BCUT2D eigenvalue weighted by Crippen LogP contribution is -2.63. The van der Waals surface area contributed by atoms with Crippen LogP contribution in [0.25, 0.3) is 0 Å². The topological polar surface area (TPSA) is 76.0 Å². The van der Waals surface area contributed by atoms with Gasteiger partial charge in [0, 0.05) is 11.8 Å². The first-order valence-electron chi connectivity index (χ1n) is 7.24. The summed E-state index contributed by atoms with van der Waals surface area (Å²) in [5, 5.41) is 18.8. The lowest BCUT2D eigenvalue weighted by Gasteiger charge is -2.61. The minimum Gasteiger partial charge on any atom is -0.481 e. The average Bonchev–Trinajstić information content (AvgIpc) is 2.80. The highest BCUT2D eigenvalue weighted by atomic mass is 16.7. The van der Waals surface area contributed by atoms with Gasteiger partial charge in [0.15, 0.2) is 5.79 Å². The Morgan fingerprint density at radius 1 is 1.21 bits per heavy atom. The molecule has 5 nitrogen and oxygen atoms in total. The molecule has 5 rings (SSSR count). The molecule has 1 saturated heterocycles. The summed E-state index contributed by atoms with van der Waals surface area (Å²) in [6, 6.07) is 0. The predicted molar refractivity (Wildman–Crippen MR) is 64.3 cm³/mol. The van der Waals surface area contributed by atoms with Crippen LogP contribution in [0.1, 0.15) is 32.1 Å². The summed E-state index contributed by atoms with van der Waals surface area (Å²) in [6.45, 7) is 0.420. The Labute approximate surface area is 111 Å². The zero-order valence-corrected chi connectivity index (χ0v) is 10.9. The van der Waals surface area contributed by atoms with E-state index < -0.39 is 17.2 Å². The summed E-state index contributed by atoms with van der Waals surface area (Å²) in [5.41, 5.74) is -0.536. The van der Waals surface area contributed by atoms with Crippen molar-refractivity contribution in [1.29, 1.82) is 0 Å². The van der Waals surface area contributed by atoms with Crippen LogP contribution < -0.4 is 0 Å². The second-order valence-corrected chi connectivity index (χ2v) is 6.88. The fourth-order valence-electron chi connectivity index (χ4n) is 5.26. The van der Waals surface area contributed by atoms with Gasteiger partial charge in [0.25, 0.3) is 0 Å². The van der Waals surface area contributed by atoms with Crippen molar-refractivity contribution in [2.24, 2.45) is 23.2 Å². The van der Waals surface area contributed by atoms with Gasteiger partial charge in [0.05, 0.1) is 18.6 Å². The highest BCUT2D eigenvalue weighted by molar-refractivity contribution is 5.75. The molecule has 5 aliphatic rings. The lowest BCUT2D eigenvalue weighted by molar-refractivity contribution is -0.307. The van der Waals surface area contributed by atoms with Gasteiger partial charge in [-0.15, -0.1) is 0 Å². The van der Waals surface area contributed by atoms with E-state index in [1.165, 1.54) is 0 Å². The molecule has 4 bridgehead atoms. The van der Waals surface area contributed by atoms with Crippen molar-refractivity contribution in [3.05, 3.63) is 0 Å². The smallest absolute Gasteiger partial charge is 0.309 e. The molecule has 4 saturated carbocycles. The normalized spacial score (nSPS) is 55.0. The summed E-state index contributed by atoms with van der Waals surface area (Å²) in [6.07, 6.45) is 3.97. The number of aliphatic hydroxyl groups excluding tert-OH is 1. The number of carboxylic acids is 1. The third kappa shape index (κ3) is 1.44. The van der Waals surface area contributed by atoms with E-state index >= 15 is 0 Å². The molecule has 0 amide bonds. The largest absolute Gasteiger partial charge is 0.481 e. The zero-order valence-electron chi connectivity index (χ0n) is 10.9. The maximum atomic E-state index is 11.7. The molecule has 1 aliphatic heterocycles. The van der Waals surface area contributed by atoms with E-state index in [-0.39, 0.29) is 24.5 Å². The number of carbonyl (C=O) groups is 1. The fraction of sp³-hybridized carbons (Fsp3) is 0.929. The summed E-state index contributed by atoms with van der Waals surface area (Å²) >= 11 is 0. The summed E-state index contributed by atoms with van der Waals surface area (Å²) < 4.78 is 12.0. The Kier molecular flexibility index (Phi) is 2.37. The molecule has 5 heteroatoms. The number of hydrogen-bond donors (Lipinski definition) is 2. The van der Waals surface area contributed by atoms with E-state index in [9.17, 15) is 15.0 Å². The molecule has 1 heterocycles. The second kappa shape index (κ2) is 3.71. The first-order chi connectivity index (χ1) is 9.08. The standard InChI is InChI=1S/C14H20O5/c15-6-11-7-18-14(19-11)9-1-8-2-10(14)5-13(3-8,4-9)12(16)17/h8-11,15H,1-7H2,(H,16,17). The molecule has 19 heavy (non-hydrogen) atoms. The van der Waals surface area contributed by atoms with Crippen LogP contribution in [0.4, 0.5) is 0 Å². The summed E-state index contributed by atoms with van der Waals surface area (Å²) in [5.74, 6) is -0.348. The molecule has 0 aromatic carbocycles. The minimum absolute atomic E-state index is 0.0192. The molecule has 4 aliphatic carbocycles. The number of hydrogen-bond acceptors (Lipinski definition) is 4. The van der Waals surface area contributed by atoms with Gasteiger partial charge in [-0.05, 0) is 38.0 Å². The summed E-state index contributed by atoms with van der Waals surface area (Å²) in [4.78, 5) is 11.7. The molecule has 0 aromatic heterocycles. The number of aliphatic carboxylic acids is 1. The van der Waals surface area contributed by atoms with Crippen LogP contribution in [-0.4, -0.2) is 41.3 Å². The van der Waals surface area contributed by atoms with Crippen molar-refractivity contribution in [3.8, 4) is 0 Å². The van der Waals surface area contributed by atoms with Crippen molar-refractivity contribution >= 4 is 5.97 Å². The average molecular weight is 268 g/mol. The van der Waals surface area contributed by atoms with Crippen molar-refractivity contribution in [2.75, 3.05) is 13.2 Å². The molecule has 5 fully saturated rings. The molecule has 0 radical (unpaired) electrons. The third-order valence-corrected chi connectivity index (χ3v) is 5.83. The van der Waals surface area contributed by atoms with Crippen LogP contribution >= 0.6 is 0 Å². The monoisotopic (exact) mass is 268 g/mol. The molecule has 0 aromatic rings. The first-order valence-corrected chi connectivity index (χ1v) is 7.24. The van der Waals surface area contributed by atoms with Gasteiger partial charge in [-0.3, -0.25) is 4.79 Å². The number of rotatable bonds is 2. The van der Waals surface area contributed by atoms with Crippen LogP contribution in [0.2, 0.25) is 0 Å². The quantitative estimate of drug-likeness (QED) is 0.781. The molecule has 2 N–H and O–H groups in total. The molecular weight excluding hydrogens is 248 g/mol. The van der Waals surface area contributed by atoms with E-state index in [0.29, 0.717) is 25.4 Å². The van der Waals surface area contributed by atoms with Gasteiger partial charge in [0.1, 0.15) is 6.10 Å². The van der Waals surface area contributed by atoms with Gasteiger partial charge in [-0.25, -0.2) is 0 Å². The molecule has 1 spiro atoms. The fourth-order valence-corrected chi connectivity index (χ4v) is 5.26. The third-order valence-electron chi connectivity index (χ3n) is 5.83. The number of ether oxygens (including phenoxy) is 2. The summed E-state index contributed by atoms with van der Waals surface area (Å²) in [7, 11) is 0. The van der Waals surface area contributed by atoms with Crippen molar-refractivity contribution < 1.29 is 24.5 Å². The molecule has 3 atom stereocenters. The highest BCUT2D eigenvalue weighted by Crippen LogP contribution is 2.66. The van der Waals surface area contributed by atoms with Crippen LogP contribution in [0.3, 0.4) is 0 Å².